The van der Waals surface area contributed by atoms with E-state index < -0.39 is 17.8 Å². The van der Waals surface area contributed by atoms with Crippen LogP contribution in [0, 0.1) is 18.6 Å². The summed E-state index contributed by atoms with van der Waals surface area (Å²) in [4.78, 5) is 42.6. The number of piperidine rings is 1. The van der Waals surface area contributed by atoms with Crippen LogP contribution in [0.1, 0.15) is 39.9 Å². The second kappa shape index (κ2) is 8.79. The number of nitrogens with one attached hydrogen (secondary N) is 1. The fourth-order valence-corrected chi connectivity index (χ4v) is 5.10. The maximum Gasteiger partial charge on any atom is 0.255 e. The van der Waals surface area contributed by atoms with Gasteiger partial charge in [-0.1, -0.05) is 12.1 Å². The first-order valence-corrected chi connectivity index (χ1v) is 11.5. The molecule has 1 atom stereocenters. The number of benzene rings is 2. The molecular weight excluding hydrogens is 442 g/mol. The zero-order valence-corrected chi connectivity index (χ0v) is 18.9. The van der Waals surface area contributed by atoms with Crippen molar-refractivity contribution < 1.29 is 23.2 Å². The number of nitrogens with zero attached hydrogens (tertiary/aromatic N) is 3. The van der Waals surface area contributed by atoms with Crippen LogP contribution >= 0.6 is 0 Å². The molecule has 5 rings (SSSR count). The number of piperazine rings is 1. The van der Waals surface area contributed by atoms with Crippen LogP contribution in [0.4, 0.5) is 14.5 Å². The van der Waals surface area contributed by atoms with E-state index in [9.17, 15) is 23.2 Å². The largest absolute Gasteiger partial charge is 0.369 e. The van der Waals surface area contributed by atoms with Crippen LogP contribution in [0.5, 0.6) is 0 Å². The maximum absolute atomic E-state index is 14.5. The standard InChI is InChI=1S/C25H26F2N4O3/c1-15-16(3-2-4-20(15)27)13-29-7-9-30(10-8-29)22-12-17(26)11-18-19(22)14-31(25(18)34)21-5-6-23(32)28-24(21)33/h2-4,11-12,21H,5-10,13-14H2,1H3,(H,28,32,33). The van der Waals surface area contributed by atoms with E-state index in [0.717, 1.165) is 5.56 Å². The molecule has 0 aliphatic carbocycles. The fourth-order valence-electron chi connectivity index (χ4n) is 5.10. The lowest BCUT2D eigenvalue weighted by Crippen LogP contribution is -2.52. The van der Waals surface area contributed by atoms with Gasteiger partial charge in [0.15, 0.2) is 0 Å². The van der Waals surface area contributed by atoms with Crippen molar-refractivity contribution in [2.24, 2.45) is 0 Å². The number of imide groups is 1. The summed E-state index contributed by atoms with van der Waals surface area (Å²) in [6, 6.07) is 7.05. The lowest BCUT2D eigenvalue weighted by atomic mass is 10.0. The zero-order chi connectivity index (χ0) is 24.0. The van der Waals surface area contributed by atoms with E-state index in [1.807, 2.05) is 6.07 Å². The van der Waals surface area contributed by atoms with Crippen LogP contribution in [-0.4, -0.2) is 59.7 Å². The number of rotatable bonds is 4. The van der Waals surface area contributed by atoms with Gasteiger partial charge in [-0.25, -0.2) is 8.78 Å². The summed E-state index contributed by atoms with van der Waals surface area (Å²) in [6.45, 7) is 5.33. The van der Waals surface area contributed by atoms with Gasteiger partial charge in [0, 0.05) is 62.5 Å². The Morgan fingerprint density at radius 2 is 1.82 bits per heavy atom. The predicted molar refractivity (Wildman–Crippen MR) is 121 cm³/mol. The zero-order valence-electron chi connectivity index (χ0n) is 18.9. The smallest absolute Gasteiger partial charge is 0.255 e. The summed E-state index contributed by atoms with van der Waals surface area (Å²) < 4.78 is 28.4. The van der Waals surface area contributed by atoms with Crippen molar-refractivity contribution in [1.82, 2.24) is 15.1 Å². The van der Waals surface area contributed by atoms with Crippen molar-refractivity contribution in [3.05, 3.63) is 64.2 Å². The number of hydrogen-bond donors (Lipinski definition) is 1. The molecule has 3 aliphatic heterocycles. The van der Waals surface area contributed by atoms with E-state index in [-0.39, 0.29) is 42.6 Å². The van der Waals surface area contributed by atoms with Gasteiger partial charge < -0.3 is 9.80 Å². The average Bonchev–Trinajstić information content (AvgIpc) is 3.13. The Bertz CT molecular complexity index is 1180. The number of anilines is 1. The predicted octanol–water partition coefficient (Wildman–Crippen LogP) is 2.36. The Balaban J connectivity index is 1.32. The Hall–Kier alpha value is -3.33. The van der Waals surface area contributed by atoms with E-state index in [0.29, 0.717) is 49.5 Å². The molecule has 34 heavy (non-hydrogen) atoms. The van der Waals surface area contributed by atoms with Gasteiger partial charge >= 0.3 is 0 Å². The van der Waals surface area contributed by atoms with E-state index in [2.05, 4.69) is 15.1 Å². The van der Waals surface area contributed by atoms with Gasteiger partial charge in [0.1, 0.15) is 17.7 Å². The molecule has 3 amide bonds. The van der Waals surface area contributed by atoms with Crippen LogP contribution in [0.3, 0.4) is 0 Å². The molecule has 1 unspecified atom stereocenters. The third-order valence-electron chi connectivity index (χ3n) is 7.08. The van der Waals surface area contributed by atoms with Crippen LogP contribution < -0.4 is 10.2 Å². The summed E-state index contributed by atoms with van der Waals surface area (Å²) in [6.07, 6.45) is 0.435. The van der Waals surface area contributed by atoms with Gasteiger partial charge in [0.2, 0.25) is 11.8 Å². The maximum atomic E-state index is 14.5. The lowest BCUT2D eigenvalue weighted by molar-refractivity contribution is -0.136. The molecule has 2 saturated heterocycles. The van der Waals surface area contributed by atoms with Crippen LogP contribution in [0.25, 0.3) is 0 Å². The number of halogens is 2. The third kappa shape index (κ3) is 4.04. The second-order valence-electron chi connectivity index (χ2n) is 9.14. The Morgan fingerprint density at radius 3 is 2.56 bits per heavy atom. The third-order valence-corrected chi connectivity index (χ3v) is 7.08. The van der Waals surface area contributed by atoms with Crippen LogP contribution in [0.15, 0.2) is 30.3 Å². The topological polar surface area (TPSA) is 73.0 Å². The number of hydrogen-bond acceptors (Lipinski definition) is 5. The van der Waals surface area contributed by atoms with Gasteiger partial charge in [0.25, 0.3) is 5.91 Å². The van der Waals surface area contributed by atoms with Gasteiger partial charge in [-0.05, 0) is 42.7 Å². The molecule has 1 N–H and O–H groups in total. The van der Waals surface area contributed by atoms with Crippen molar-refractivity contribution in [1.29, 1.82) is 0 Å². The van der Waals surface area contributed by atoms with Crippen molar-refractivity contribution in [3.8, 4) is 0 Å². The minimum atomic E-state index is -0.736. The highest BCUT2D eigenvalue weighted by Gasteiger charge is 2.41. The minimum Gasteiger partial charge on any atom is -0.369 e. The monoisotopic (exact) mass is 468 g/mol. The van der Waals surface area contributed by atoms with Crippen molar-refractivity contribution in [3.63, 3.8) is 0 Å². The number of carbonyl (C=O) groups excluding carboxylic acids is 3. The van der Waals surface area contributed by atoms with Crippen LogP contribution in [-0.2, 0) is 22.7 Å². The molecule has 178 valence electrons. The van der Waals surface area contributed by atoms with E-state index in [4.69, 9.17) is 0 Å². The first kappa shape index (κ1) is 22.5. The van der Waals surface area contributed by atoms with Gasteiger partial charge in [0.05, 0.1) is 0 Å². The summed E-state index contributed by atoms with van der Waals surface area (Å²) >= 11 is 0. The first-order chi connectivity index (χ1) is 16.3. The minimum absolute atomic E-state index is 0.171. The van der Waals surface area contributed by atoms with Crippen molar-refractivity contribution >= 4 is 23.4 Å². The Kier molecular flexibility index (Phi) is 5.81. The highest BCUT2D eigenvalue weighted by atomic mass is 19.1. The molecule has 2 aromatic rings. The van der Waals surface area contributed by atoms with Crippen LogP contribution in [0.2, 0.25) is 0 Å². The normalized spacial score (nSPS) is 21.1. The van der Waals surface area contributed by atoms with E-state index in [1.165, 1.54) is 23.1 Å². The molecule has 7 nitrogen and oxygen atoms in total. The average molecular weight is 469 g/mol. The number of amides is 3. The molecule has 0 bridgehead atoms. The molecule has 0 saturated carbocycles. The Morgan fingerprint density at radius 1 is 1.06 bits per heavy atom. The molecule has 0 radical (unpaired) electrons. The molecule has 0 spiro atoms. The summed E-state index contributed by atoms with van der Waals surface area (Å²) in [5, 5.41) is 2.29. The lowest BCUT2D eigenvalue weighted by Gasteiger charge is -2.37. The Labute approximate surface area is 196 Å². The van der Waals surface area contributed by atoms with Crippen molar-refractivity contribution in [2.75, 3.05) is 31.1 Å². The highest BCUT2D eigenvalue weighted by Crippen LogP contribution is 2.35. The highest BCUT2D eigenvalue weighted by molar-refractivity contribution is 6.06. The van der Waals surface area contributed by atoms with E-state index >= 15 is 0 Å². The van der Waals surface area contributed by atoms with Crippen molar-refractivity contribution in [2.45, 2.75) is 38.9 Å². The molecule has 0 aromatic heterocycles. The summed E-state index contributed by atoms with van der Waals surface area (Å²) in [7, 11) is 0. The molecule has 2 aromatic carbocycles. The first-order valence-electron chi connectivity index (χ1n) is 11.5. The summed E-state index contributed by atoms with van der Waals surface area (Å²) in [5.74, 6) is -1.92. The molecule has 2 fully saturated rings. The molecule has 3 aliphatic rings. The second-order valence-corrected chi connectivity index (χ2v) is 9.14. The van der Waals surface area contributed by atoms with Gasteiger partial charge in [-0.15, -0.1) is 0 Å². The molecular formula is C25H26F2N4O3. The summed E-state index contributed by atoms with van der Waals surface area (Å²) in [5.41, 5.74) is 3.26. The SMILES string of the molecule is Cc1c(F)cccc1CN1CCN(c2cc(F)cc3c2CN(C2CCC(=O)NC2=O)C3=O)CC1. The fraction of sp³-hybridized carbons (Fsp3) is 0.400. The number of carbonyl (C=O) groups is 3. The number of fused-ring (bicyclic) bond motifs is 1. The molecule has 3 heterocycles. The quantitative estimate of drug-likeness (QED) is 0.698. The molecule has 9 heteroatoms. The van der Waals surface area contributed by atoms with Gasteiger partial charge in [-0.3, -0.25) is 24.6 Å². The van der Waals surface area contributed by atoms with E-state index in [1.54, 1.807) is 13.0 Å². The van der Waals surface area contributed by atoms with Gasteiger partial charge in [-0.2, -0.15) is 0 Å².